The van der Waals surface area contributed by atoms with E-state index in [4.69, 9.17) is 22.5 Å². The Balaban J connectivity index is 2.97. The number of amides is 1. The maximum Gasteiger partial charge on any atom is 0.270 e. The Kier molecular flexibility index (Phi) is 5.11. The molecular formula is C12H17ClN4O2. The topological polar surface area (TPSA) is 101 Å². The first-order valence-electron chi connectivity index (χ1n) is 5.91. The van der Waals surface area contributed by atoms with Crippen molar-refractivity contribution >= 4 is 23.3 Å². The minimum Gasteiger partial charge on any atom is -0.409 e. The molecule has 19 heavy (non-hydrogen) atoms. The molecule has 7 heteroatoms. The van der Waals surface area contributed by atoms with Crippen LogP contribution in [0, 0.1) is 0 Å². The Morgan fingerprint density at radius 1 is 1.53 bits per heavy atom. The summed E-state index contributed by atoms with van der Waals surface area (Å²) in [5.41, 5.74) is 5.01. The number of oxime groups is 1. The summed E-state index contributed by atoms with van der Waals surface area (Å²) in [5, 5.41) is 15.0. The Morgan fingerprint density at radius 3 is 2.58 bits per heavy atom. The lowest BCUT2D eigenvalue weighted by molar-refractivity contribution is 0.0912. The third-order valence-corrected chi connectivity index (χ3v) is 3.34. The number of rotatable bonds is 5. The highest BCUT2D eigenvalue weighted by Crippen LogP contribution is 2.16. The largest absolute Gasteiger partial charge is 0.409 e. The predicted molar refractivity (Wildman–Crippen MR) is 73.4 cm³/mol. The van der Waals surface area contributed by atoms with Gasteiger partial charge in [0.1, 0.15) is 11.2 Å². The van der Waals surface area contributed by atoms with Gasteiger partial charge in [-0.05, 0) is 25.0 Å². The van der Waals surface area contributed by atoms with Crippen LogP contribution in [0.1, 0.15) is 37.2 Å². The van der Waals surface area contributed by atoms with Crippen molar-refractivity contribution in [3.63, 3.8) is 0 Å². The molecule has 0 bridgehead atoms. The fourth-order valence-electron chi connectivity index (χ4n) is 1.74. The molecule has 0 aromatic carbocycles. The van der Waals surface area contributed by atoms with E-state index in [1.165, 1.54) is 12.3 Å². The molecule has 1 amide bonds. The van der Waals surface area contributed by atoms with Crippen molar-refractivity contribution in [1.29, 1.82) is 0 Å². The number of nitrogens with one attached hydrogen (secondary N) is 1. The molecule has 0 aliphatic heterocycles. The normalized spacial score (nSPS) is 12.3. The molecule has 0 unspecified atom stereocenters. The predicted octanol–water partition coefficient (Wildman–Crippen LogP) is 1.77. The van der Waals surface area contributed by atoms with Crippen molar-refractivity contribution in [2.45, 2.75) is 32.2 Å². The van der Waals surface area contributed by atoms with Crippen LogP contribution in [-0.2, 0) is 0 Å². The number of halogens is 1. The maximum absolute atomic E-state index is 12.1. The van der Waals surface area contributed by atoms with Gasteiger partial charge in [-0.3, -0.25) is 4.79 Å². The van der Waals surface area contributed by atoms with Gasteiger partial charge in [0.15, 0.2) is 5.84 Å². The molecule has 6 nitrogen and oxygen atoms in total. The molecular weight excluding hydrogens is 268 g/mol. The number of carbonyl (C=O) groups excluding carboxylic acids is 1. The highest BCUT2D eigenvalue weighted by Gasteiger charge is 2.33. The highest BCUT2D eigenvalue weighted by molar-refractivity contribution is 6.30. The lowest BCUT2D eigenvalue weighted by Crippen LogP contribution is -2.57. The van der Waals surface area contributed by atoms with E-state index in [2.05, 4.69) is 15.5 Å². The molecule has 0 atom stereocenters. The van der Waals surface area contributed by atoms with Crippen molar-refractivity contribution in [1.82, 2.24) is 10.3 Å². The van der Waals surface area contributed by atoms with E-state index in [-0.39, 0.29) is 11.5 Å². The van der Waals surface area contributed by atoms with Gasteiger partial charge in [0, 0.05) is 6.20 Å². The zero-order valence-electron chi connectivity index (χ0n) is 10.9. The SMILES string of the molecule is CCC(CC)(NC(=O)c1ccc(Cl)cn1)C(N)=NO. The number of nitrogens with zero attached hydrogens (tertiary/aromatic N) is 2. The zero-order chi connectivity index (χ0) is 14.5. The third kappa shape index (κ3) is 3.35. The van der Waals surface area contributed by atoms with Crippen LogP contribution in [0.4, 0.5) is 0 Å². The minimum absolute atomic E-state index is 0.0280. The molecule has 0 saturated heterocycles. The number of amidine groups is 1. The van der Waals surface area contributed by atoms with E-state index in [0.29, 0.717) is 17.9 Å². The number of carbonyl (C=O) groups is 1. The van der Waals surface area contributed by atoms with E-state index in [9.17, 15) is 4.79 Å². The second kappa shape index (κ2) is 6.38. The molecule has 104 valence electrons. The van der Waals surface area contributed by atoms with E-state index in [0.717, 1.165) is 0 Å². The Hall–Kier alpha value is -1.82. The van der Waals surface area contributed by atoms with Crippen LogP contribution < -0.4 is 11.1 Å². The molecule has 1 aromatic heterocycles. The Bertz CT molecular complexity index is 469. The lowest BCUT2D eigenvalue weighted by atomic mass is 9.91. The fourth-order valence-corrected chi connectivity index (χ4v) is 1.85. The summed E-state index contributed by atoms with van der Waals surface area (Å²) in [6, 6.07) is 3.09. The smallest absolute Gasteiger partial charge is 0.270 e. The standard InChI is InChI=1S/C12H17ClN4O2/c1-3-12(4-2,11(14)17-19)16-10(18)9-6-5-8(13)7-15-9/h5-7,19H,3-4H2,1-2H3,(H2,14,17)(H,16,18). The van der Waals surface area contributed by atoms with Crippen molar-refractivity contribution in [3.8, 4) is 0 Å². The Labute approximate surface area is 116 Å². The van der Waals surface area contributed by atoms with Crippen LogP contribution in [0.5, 0.6) is 0 Å². The number of hydrogen-bond donors (Lipinski definition) is 3. The first kappa shape index (κ1) is 15.2. The number of nitrogens with two attached hydrogens (primary N) is 1. The number of hydrogen-bond acceptors (Lipinski definition) is 4. The van der Waals surface area contributed by atoms with Crippen LogP contribution in [0.15, 0.2) is 23.5 Å². The summed E-state index contributed by atoms with van der Waals surface area (Å²) in [4.78, 5) is 16.0. The number of pyridine rings is 1. The highest BCUT2D eigenvalue weighted by atomic mass is 35.5. The first-order valence-corrected chi connectivity index (χ1v) is 6.29. The first-order chi connectivity index (χ1) is 8.99. The van der Waals surface area contributed by atoms with Crippen LogP contribution in [-0.4, -0.2) is 27.5 Å². The van der Waals surface area contributed by atoms with Gasteiger partial charge in [0.2, 0.25) is 0 Å². The van der Waals surface area contributed by atoms with Crippen molar-refractivity contribution < 1.29 is 10.0 Å². The van der Waals surface area contributed by atoms with E-state index in [1.54, 1.807) is 6.07 Å². The number of aromatic nitrogens is 1. The molecule has 1 heterocycles. The second-order valence-corrected chi connectivity index (χ2v) is 4.53. The zero-order valence-corrected chi connectivity index (χ0v) is 11.6. The molecule has 1 rings (SSSR count). The molecule has 0 fully saturated rings. The van der Waals surface area contributed by atoms with Gasteiger partial charge in [-0.1, -0.05) is 30.6 Å². The van der Waals surface area contributed by atoms with Gasteiger partial charge in [0.25, 0.3) is 5.91 Å². The molecule has 0 aliphatic carbocycles. The van der Waals surface area contributed by atoms with Crippen LogP contribution >= 0.6 is 11.6 Å². The summed E-state index contributed by atoms with van der Waals surface area (Å²) < 4.78 is 0. The maximum atomic E-state index is 12.1. The average molecular weight is 285 g/mol. The quantitative estimate of drug-likeness (QED) is 0.332. The van der Waals surface area contributed by atoms with E-state index >= 15 is 0 Å². The van der Waals surface area contributed by atoms with Crippen molar-refractivity contribution in [2.24, 2.45) is 10.9 Å². The van der Waals surface area contributed by atoms with E-state index < -0.39 is 11.4 Å². The monoisotopic (exact) mass is 284 g/mol. The van der Waals surface area contributed by atoms with Gasteiger partial charge in [0.05, 0.1) is 5.02 Å². The van der Waals surface area contributed by atoms with Gasteiger partial charge >= 0.3 is 0 Å². The Morgan fingerprint density at radius 2 is 2.16 bits per heavy atom. The summed E-state index contributed by atoms with van der Waals surface area (Å²) in [7, 11) is 0. The fraction of sp³-hybridized carbons (Fsp3) is 0.417. The summed E-state index contributed by atoms with van der Waals surface area (Å²) in [5.74, 6) is -0.424. The second-order valence-electron chi connectivity index (χ2n) is 4.09. The third-order valence-electron chi connectivity index (χ3n) is 3.12. The minimum atomic E-state index is -0.882. The van der Waals surface area contributed by atoms with Crippen LogP contribution in [0.3, 0.4) is 0 Å². The molecule has 0 radical (unpaired) electrons. The average Bonchev–Trinajstić information content (AvgIpc) is 2.44. The summed E-state index contributed by atoms with van der Waals surface area (Å²) >= 11 is 5.71. The van der Waals surface area contributed by atoms with Gasteiger partial charge in [-0.2, -0.15) is 0 Å². The summed E-state index contributed by atoms with van der Waals surface area (Å²) in [6.07, 6.45) is 2.39. The molecule has 4 N–H and O–H groups in total. The van der Waals surface area contributed by atoms with Gasteiger partial charge in [-0.25, -0.2) is 4.98 Å². The molecule has 0 aliphatic rings. The van der Waals surface area contributed by atoms with Gasteiger partial charge < -0.3 is 16.3 Å². The van der Waals surface area contributed by atoms with Crippen LogP contribution in [0.2, 0.25) is 5.02 Å². The van der Waals surface area contributed by atoms with E-state index in [1.807, 2.05) is 13.8 Å². The molecule has 0 saturated carbocycles. The molecule has 0 spiro atoms. The van der Waals surface area contributed by atoms with Gasteiger partial charge in [-0.15, -0.1) is 0 Å². The molecule has 1 aromatic rings. The lowest BCUT2D eigenvalue weighted by Gasteiger charge is -2.31. The van der Waals surface area contributed by atoms with Crippen molar-refractivity contribution in [2.75, 3.05) is 0 Å². The van der Waals surface area contributed by atoms with Crippen molar-refractivity contribution in [3.05, 3.63) is 29.0 Å². The summed E-state index contributed by atoms with van der Waals surface area (Å²) in [6.45, 7) is 3.69. The van der Waals surface area contributed by atoms with Crippen LogP contribution in [0.25, 0.3) is 0 Å².